The molecule has 3 rings (SSSR count). The Morgan fingerprint density at radius 1 is 1.38 bits per heavy atom. The van der Waals surface area contributed by atoms with E-state index >= 15 is 0 Å². The number of aryl methyl sites for hydroxylation is 1. The summed E-state index contributed by atoms with van der Waals surface area (Å²) in [7, 11) is 0. The first-order valence-corrected chi connectivity index (χ1v) is 9.26. The number of aromatic nitrogens is 2. The van der Waals surface area contributed by atoms with Gasteiger partial charge in [0.05, 0.1) is 5.54 Å². The predicted octanol–water partition coefficient (Wildman–Crippen LogP) is 4.39. The first-order chi connectivity index (χ1) is 11.6. The number of para-hydroxylation sites is 1. The van der Waals surface area contributed by atoms with Crippen LogP contribution in [0.5, 0.6) is 0 Å². The molecule has 24 heavy (non-hydrogen) atoms. The third kappa shape index (κ3) is 3.51. The van der Waals surface area contributed by atoms with E-state index in [0.29, 0.717) is 6.42 Å². The molecular formula is C19H23N3OS. The summed E-state index contributed by atoms with van der Waals surface area (Å²) in [5.41, 5.74) is 2.06. The molecule has 0 fully saturated rings. The number of rotatable bonds is 7. The Morgan fingerprint density at radius 2 is 2.21 bits per heavy atom. The van der Waals surface area contributed by atoms with Crippen molar-refractivity contribution in [3.05, 3.63) is 52.6 Å². The average molecular weight is 341 g/mol. The summed E-state index contributed by atoms with van der Waals surface area (Å²) < 4.78 is 0. The van der Waals surface area contributed by atoms with Crippen LogP contribution >= 0.6 is 11.3 Å². The van der Waals surface area contributed by atoms with Crippen LogP contribution in [0.3, 0.4) is 0 Å². The first-order valence-electron chi connectivity index (χ1n) is 8.38. The smallest absolute Gasteiger partial charge is 0.220 e. The van der Waals surface area contributed by atoms with Gasteiger partial charge in [0.15, 0.2) is 0 Å². The number of thiazole rings is 1. The molecule has 0 radical (unpaired) electrons. The number of carbonyl (C=O) groups is 1. The Kier molecular flexibility index (Phi) is 5.00. The lowest BCUT2D eigenvalue weighted by atomic mass is 9.99. The largest absolute Gasteiger partial charge is 0.361 e. The van der Waals surface area contributed by atoms with Crippen LogP contribution in [0, 0.1) is 0 Å². The lowest BCUT2D eigenvalue weighted by Crippen LogP contribution is -2.42. The van der Waals surface area contributed by atoms with E-state index in [2.05, 4.69) is 34.3 Å². The third-order valence-electron chi connectivity index (χ3n) is 4.55. The molecule has 2 aromatic heterocycles. The summed E-state index contributed by atoms with van der Waals surface area (Å²) in [6, 6.07) is 8.28. The van der Waals surface area contributed by atoms with Gasteiger partial charge in [-0.2, -0.15) is 0 Å². The molecule has 0 aliphatic heterocycles. The van der Waals surface area contributed by atoms with Crippen LogP contribution in [0.1, 0.15) is 43.7 Å². The van der Waals surface area contributed by atoms with Crippen LogP contribution in [0.15, 0.2) is 42.0 Å². The second-order valence-corrected chi connectivity index (χ2v) is 7.18. The Balaban J connectivity index is 1.56. The van der Waals surface area contributed by atoms with Crippen molar-refractivity contribution in [2.24, 2.45) is 0 Å². The maximum atomic E-state index is 12.4. The van der Waals surface area contributed by atoms with Gasteiger partial charge in [0.25, 0.3) is 0 Å². The molecule has 1 aromatic carbocycles. The van der Waals surface area contributed by atoms with Gasteiger partial charge in [0, 0.05) is 35.1 Å². The van der Waals surface area contributed by atoms with Crippen LogP contribution in [0.25, 0.3) is 10.9 Å². The summed E-state index contributed by atoms with van der Waals surface area (Å²) in [5, 5.41) is 7.33. The highest BCUT2D eigenvalue weighted by atomic mass is 32.1. The zero-order valence-corrected chi connectivity index (χ0v) is 15.0. The molecule has 126 valence electrons. The van der Waals surface area contributed by atoms with Gasteiger partial charge in [-0.3, -0.25) is 4.79 Å². The van der Waals surface area contributed by atoms with E-state index < -0.39 is 0 Å². The Hall–Kier alpha value is -2.14. The summed E-state index contributed by atoms with van der Waals surface area (Å²) in [4.78, 5) is 20.0. The number of hydrogen-bond acceptors (Lipinski definition) is 3. The van der Waals surface area contributed by atoms with Gasteiger partial charge < -0.3 is 10.3 Å². The topological polar surface area (TPSA) is 57.8 Å². The molecular weight excluding hydrogens is 318 g/mol. The zero-order chi connectivity index (χ0) is 17.0. The van der Waals surface area contributed by atoms with Crippen LogP contribution in [0.2, 0.25) is 0 Å². The van der Waals surface area contributed by atoms with Gasteiger partial charge in [0.1, 0.15) is 5.01 Å². The van der Waals surface area contributed by atoms with Crippen molar-refractivity contribution in [3.8, 4) is 0 Å². The quantitative estimate of drug-likeness (QED) is 0.669. The normalized spacial score (nSPS) is 13.8. The standard InChI is InChI=1S/C19H23N3OS/c1-3-19(2,18-20-11-12-24-18)22-17(23)10-6-7-14-13-21-16-9-5-4-8-15(14)16/h4-5,8-9,11-13,21H,3,6-7,10H2,1-2H3,(H,22,23)/t19-/m1/s1. The summed E-state index contributed by atoms with van der Waals surface area (Å²) in [5.74, 6) is 0.0920. The summed E-state index contributed by atoms with van der Waals surface area (Å²) in [6.45, 7) is 4.12. The minimum absolute atomic E-state index is 0.0920. The first kappa shape index (κ1) is 16.7. The SMILES string of the molecule is CC[C@@](C)(NC(=O)CCCc1c[nH]c2ccccc12)c1nccs1. The fraction of sp³-hybridized carbons (Fsp3) is 0.368. The predicted molar refractivity (Wildman–Crippen MR) is 99.1 cm³/mol. The number of aromatic amines is 1. The van der Waals surface area contributed by atoms with Gasteiger partial charge in [-0.1, -0.05) is 25.1 Å². The number of benzene rings is 1. The van der Waals surface area contributed by atoms with Crippen molar-refractivity contribution < 1.29 is 4.79 Å². The van der Waals surface area contributed by atoms with E-state index in [1.807, 2.05) is 30.6 Å². The van der Waals surface area contributed by atoms with Gasteiger partial charge in [-0.25, -0.2) is 4.98 Å². The lowest BCUT2D eigenvalue weighted by molar-refractivity contribution is -0.123. The second-order valence-electron chi connectivity index (χ2n) is 6.28. The Labute approximate surface area is 146 Å². The number of hydrogen-bond donors (Lipinski definition) is 2. The maximum Gasteiger partial charge on any atom is 0.220 e. The van der Waals surface area contributed by atoms with Gasteiger partial charge >= 0.3 is 0 Å². The molecule has 1 amide bonds. The molecule has 2 N–H and O–H groups in total. The molecule has 3 aromatic rings. The van der Waals surface area contributed by atoms with E-state index in [9.17, 15) is 4.79 Å². The van der Waals surface area contributed by atoms with Crippen molar-refractivity contribution >= 4 is 28.1 Å². The lowest BCUT2D eigenvalue weighted by Gasteiger charge is -2.27. The van der Waals surface area contributed by atoms with E-state index in [-0.39, 0.29) is 11.4 Å². The van der Waals surface area contributed by atoms with Crippen LogP contribution < -0.4 is 5.32 Å². The fourth-order valence-electron chi connectivity index (χ4n) is 2.94. The Bertz CT molecular complexity index is 809. The van der Waals surface area contributed by atoms with Crippen LogP contribution in [-0.4, -0.2) is 15.9 Å². The number of fused-ring (bicyclic) bond motifs is 1. The molecule has 0 saturated carbocycles. The van der Waals surface area contributed by atoms with Gasteiger partial charge in [0.2, 0.25) is 5.91 Å². The van der Waals surface area contributed by atoms with Gasteiger partial charge in [-0.15, -0.1) is 11.3 Å². The zero-order valence-electron chi connectivity index (χ0n) is 14.1. The van der Waals surface area contributed by atoms with Crippen molar-refractivity contribution in [1.29, 1.82) is 0 Å². The van der Waals surface area contributed by atoms with Gasteiger partial charge in [-0.05, 0) is 37.8 Å². The number of amides is 1. The third-order valence-corrected chi connectivity index (χ3v) is 5.59. The molecule has 0 unspecified atom stereocenters. The van der Waals surface area contributed by atoms with E-state index in [0.717, 1.165) is 29.8 Å². The molecule has 0 aliphatic rings. The van der Waals surface area contributed by atoms with Crippen molar-refractivity contribution in [2.45, 2.75) is 45.1 Å². The summed E-state index contributed by atoms with van der Waals surface area (Å²) >= 11 is 1.59. The van der Waals surface area contributed by atoms with Crippen LogP contribution in [-0.2, 0) is 16.8 Å². The molecule has 1 atom stereocenters. The molecule has 0 spiro atoms. The van der Waals surface area contributed by atoms with E-state index in [4.69, 9.17) is 0 Å². The highest BCUT2D eigenvalue weighted by molar-refractivity contribution is 7.09. The molecule has 4 nitrogen and oxygen atoms in total. The Morgan fingerprint density at radius 3 is 2.96 bits per heavy atom. The van der Waals surface area contributed by atoms with Crippen molar-refractivity contribution in [3.63, 3.8) is 0 Å². The average Bonchev–Trinajstić information content (AvgIpc) is 3.25. The highest BCUT2D eigenvalue weighted by Gasteiger charge is 2.28. The minimum atomic E-state index is -0.369. The molecule has 0 bridgehead atoms. The molecule has 0 saturated heterocycles. The van der Waals surface area contributed by atoms with E-state index in [1.54, 1.807) is 17.5 Å². The number of nitrogens with one attached hydrogen (secondary N) is 2. The van der Waals surface area contributed by atoms with Crippen LogP contribution in [0.4, 0.5) is 0 Å². The molecule has 0 aliphatic carbocycles. The van der Waals surface area contributed by atoms with Crippen molar-refractivity contribution in [2.75, 3.05) is 0 Å². The minimum Gasteiger partial charge on any atom is -0.361 e. The number of carbonyl (C=O) groups excluding carboxylic acids is 1. The monoisotopic (exact) mass is 341 g/mol. The molecule has 2 heterocycles. The van der Waals surface area contributed by atoms with Crippen molar-refractivity contribution in [1.82, 2.24) is 15.3 Å². The maximum absolute atomic E-state index is 12.4. The second kappa shape index (κ2) is 7.18. The number of nitrogens with zero attached hydrogens (tertiary/aromatic N) is 1. The van der Waals surface area contributed by atoms with E-state index in [1.165, 1.54) is 10.9 Å². The summed E-state index contributed by atoms with van der Waals surface area (Å²) in [6.07, 6.45) is 6.93. The molecule has 5 heteroatoms. The highest BCUT2D eigenvalue weighted by Crippen LogP contribution is 2.26. The number of H-pyrrole nitrogens is 1. The fourth-order valence-corrected chi connectivity index (χ4v) is 3.76.